The number of nitrogens with two attached hydrogens (primary N) is 1. The Labute approximate surface area is 161 Å². The van der Waals surface area contributed by atoms with E-state index in [0.717, 1.165) is 30.2 Å². The number of benzene rings is 1. The van der Waals surface area contributed by atoms with Crippen molar-refractivity contribution >= 4 is 0 Å². The fraction of sp³-hybridized carbons (Fsp3) is 0.409. The summed E-state index contributed by atoms with van der Waals surface area (Å²) in [5.41, 5.74) is 4.82. The van der Waals surface area contributed by atoms with Crippen molar-refractivity contribution in [2.24, 2.45) is 0 Å². The topological polar surface area (TPSA) is 52.0 Å². The second-order valence-corrected chi connectivity index (χ2v) is 7.56. The predicted molar refractivity (Wildman–Crippen MR) is 105 cm³/mol. The van der Waals surface area contributed by atoms with Crippen LogP contribution in [0.5, 0.6) is 0 Å². The highest BCUT2D eigenvalue weighted by Crippen LogP contribution is 2.17. The molecule has 2 aromatic heterocycles. The normalized spacial score (nSPS) is 16.1. The van der Waals surface area contributed by atoms with Gasteiger partial charge in [0.05, 0.1) is 42.0 Å². The highest BCUT2D eigenvalue weighted by atomic mass is 16.3. The van der Waals surface area contributed by atoms with Gasteiger partial charge in [-0.3, -0.25) is 0 Å². The monoisotopic (exact) mass is 366 g/mol. The maximum absolute atomic E-state index is 5.76. The summed E-state index contributed by atoms with van der Waals surface area (Å²) in [5.74, 6) is 1.12. The van der Waals surface area contributed by atoms with Gasteiger partial charge in [-0.25, -0.2) is 4.68 Å². The van der Waals surface area contributed by atoms with Crippen molar-refractivity contribution in [2.75, 3.05) is 19.6 Å². The first-order chi connectivity index (χ1) is 13.2. The van der Waals surface area contributed by atoms with Crippen LogP contribution >= 0.6 is 0 Å². The first-order valence-corrected chi connectivity index (χ1v) is 10.0. The predicted octanol–water partition coefficient (Wildman–Crippen LogP) is 1.57. The van der Waals surface area contributed by atoms with Gasteiger partial charge in [-0.1, -0.05) is 18.2 Å². The van der Waals surface area contributed by atoms with E-state index in [2.05, 4.69) is 54.2 Å². The van der Waals surface area contributed by atoms with Crippen LogP contribution in [-0.2, 0) is 6.54 Å². The average molecular weight is 367 g/mol. The van der Waals surface area contributed by atoms with Crippen LogP contribution < -0.4 is 10.2 Å². The lowest BCUT2D eigenvalue weighted by molar-refractivity contribution is -0.936. The standard InChI is InChI=1S/C22H28N4O/c1-17-20(18(2)26(24-17)19-9-4-3-5-10-19)15-23-16-21(22-11-8-14-27-22)25-12-6-7-13-25/h3-5,8-11,14,21,23H,6-7,12-13,15-16H2,1-2H3/p+2/t21-/m0/s1. The minimum atomic E-state index is 0.437. The average Bonchev–Trinajstić information content (AvgIpc) is 3.44. The zero-order valence-electron chi connectivity index (χ0n) is 16.3. The minimum absolute atomic E-state index is 0.437. The molecule has 4 rings (SSSR count). The Morgan fingerprint density at radius 2 is 1.89 bits per heavy atom. The van der Waals surface area contributed by atoms with Crippen LogP contribution in [0.4, 0.5) is 0 Å². The maximum atomic E-state index is 5.76. The third kappa shape index (κ3) is 3.84. The van der Waals surface area contributed by atoms with Crippen molar-refractivity contribution in [3.8, 4) is 5.69 Å². The van der Waals surface area contributed by atoms with Crippen molar-refractivity contribution < 1.29 is 14.6 Å². The van der Waals surface area contributed by atoms with E-state index in [1.54, 1.807) is 11.2 Å². The molecule has 3 heterocycles. The summed E-state index contributed by atoms with van der Waals surface area (Å²) in [6.45, 7) is 8.79. The van der Waals surface area contributed by atoms with E-state index in [1.165, 1.54) is 37.2 Å². The summed E-state index contributed by atoms with van der Waals surface area (Å²) in [6, 6.07) is 15.0. The Morgan fingerprint density at radius 3 is 2.59 bits per heavy atom. The van der Waals surface area contributed by atoms with Gasteiger partial charge in [0.25, 0.3) is 0 Å². The number of aromatic nitrogens is 2. The number of rotatable bonds is 7. The lowest BCUT2D eigenvalue weighted by Gasteiger charge is -2.21. The molecule has 0 spiro atoms. The fourth-order valence-electron chi connectivity index (χ4n) is 4.34. The number of aryl methyl sites for hydroxylation is 1. The molecule has 5 nitrogen and oxygen atoms in total. The van der Waals surface area contributed by atoms with E-state index < -0.39 is 0 Å². The van der Waals surface area contributed by atoms with E-state index in [0.29, 0.717) is 6.04 Å². The van der Waals surface area contributed by atoms with Crippen molar-refractivity contribution in [3.63, 3.8) is 0 Å². The van der Waals surface area contributed by atoms with Gasteiger partial charge in [-0.2, -0.15) is 5.10 Å². The van der Waals surface area contributed by atoms with Gasteiger partial charge in [0.15, 0.2) is 11.8 Å². The molecule has 1 saturated heterocycles. The molecule has 1 fully saturated rings. The Morgan fingerprint density at radius 1 is 1.11 bits per heavy atom. The number of nitrogens with one attached hydrogen (secondary N) is 1. The molecule has 27 heavy (non-hydrogen) atoms. The summed E-state index contributed by atoms with van der Waals surface area (Å²) < 4.78 is 7.83. The summed E-state index contributed by atoms with van der Waals surface area (Å²) in [4.78, 5) is 1.66. The highest BCUT2D eigenvalue weighted by molar-refractivity contribution is 5.36. The molecule has 0 aliphatic carbocycles. The van der Waals surface area contributed by atoms with Crippen LogP contribution in [0.2, 0.25) is 0 Å². The second kappa shape index (κ2) is 8.11. The number of quaternary nitrogens is 2. The zero-order valence-corrected chi connectivity index (χ0v) is 16.3. The Bertz CT molecular complexity index is 848. The summed E-state index contributed by atoms with van der Waals surface area (Å²) in [6.07, 6.45) is 4.46. The lowest BCUT2D eigenvalue weighted by atomic mass is 10.1. The number of hydrogen-bond donors (Lipinski definition) is 2. The van der Waals surface area contributed by atoms with Crippen molar-refractivity contribution in [1.29, 1.82) is 0 Å². The molecule has 1 atom stereocenters. The van der Waals surface area contributed by atoms with Crippen LogP contribution in [0.25, 0.3) is 5.69 Å². The van der Waals surface area contributed by atoms with E-state index in [-0.39, 0.29) is 0 Å². The number of likely N-dealkylation sites (tertiary alicyclic amines) is 1. The molecule has 0 radical (unpaired) electrons. The maximum Gasteiger partial charge on any atom is 0.195 e. The SMILES string of the molecule is Cc1nn(-c2ccccc2)c(C)c1C[NH2+]C[C@@H](c1ccco1)[NH+]1CCCC1. The summed E-state index contributed by atoms with van der Waals surface area (Å²) in [5, 5.41) is 7.20. The Hall–Kier alpha value is -2.37. The molecule has 3 aromatic rings. The largest absolute Gasteiger partial charge is 0.463 e. The number of furan rings is 1. The van der Waals surface area contributed by atoms with Crippen LogP contribution in [0.15, 0.2) is 53.1 Å². The number of nitrogens with zero attached hydrogens (tertiary/aromatic N) is 2. The van der Waals surface area contributed by atoms with Crippen LogP contribution in [-0.4, -0.2) is 29.4 Å². The van der Waals surface area contributed by atoms with Gasteiger partial charge in [0, 0.05) is 12.8 Å². The molecule has 0 saturated carbocycles. The third-order valence-electron chi connectivity index (χ3n) is 5.82. The molecule has 142 valence electrons. The molecule has 5 heteroatoms. The Kier molecular flexibility index (Phi) is 5.41. The molecule has 1 aliphatic rings. The molecular weight excluding hydrogens is 336 g/mol. The second-order valence-electron chi connectivity index (χ2n) is 7.56. The highest BCUT2D eigenvalue weighted by Gasteiger charge is 2.31. The van der Waals surface area contributed by atoms with Gasteiger partial charge in [0.2, 0.25) is 0 Å². The van der Waals surface area contributed by atoms with Crippen LogP contribution in [0, 0.1) is 13.8 Å². The minimum Gasteiger partial charge on any atom is -0.463 e. The van der Waals surface area contributed by atoms with Gasteiger partial charge >= 0.3 is 0 Å². The lowest BCUT2D eigenvalue weighted by Crippen LogP contribution is -3.13. The molecule has 1 aliphatic heterocycles. The summed E-state index contributed by atoms with van der Waals surface area (Å²) in [7, 11) is 0. The van der Waals surface area contributed by atoms with E-state index >= 15 is 0 Å². The zero-order chi connectivity index (χ0) is 18.6. The van der Waals surface area contributed by atoms with Crippen LogP contribution in [0.1, 0.15) is 41.6 Å². The number of para-hydroxylation sites is 1. The van der Waals surface area contributed by atoms with Crippen molar-refractivity contribution in [3.05, 3.63) is 71.4 Å². The molecular formula is C22H30N4O+2. The third-order valence-corrected chi connectivity index (χ3v) is 5.82. The smallest absolute Gasteiger partial charge is 0.195 e. The molecule has 0 unspecified atom stereocenters. The van der Waals surface area contributed by atoms with Gasteiger partial charge in [-0.15, -0.1) is 0 Å². The van der Waals surface area contributed by atoms with Crippen molar-refractivity contribution in [1.82, 2.24) is 9.78 Å². The molecule has 1 aromatic carbocycles. The van der Waals surface area contributed by atoms with E-state index in [9.17, 15) is 0 Å². The van der Waals surface area contributed by atoms with Crippen molar-refractivity contribution in [2.45, 2.75) is 39.3 Å². The van der Waals surface area contributed by atoms with E-state index in [1.807, 2.05) is 12.1 Å². The molecule has 0 bridgehead atoms. The first-order valence-electron chi connectivity index (χ1n) is 10.0. The van der Waals surface area contributed by atoms with Gasteiger partial charge in [0.1, 0.15) is 13.1 Å². The van der Waals surface area contributed by atoms with E-state index in [4.69, 9.17) is 9.52 Å². The molecule has 3 N–H and O–H groups in total. The van der Waals surface area contributed by atoms with Gasteiger partial charge in [-0.05, 0) is 38.1 Å². The Balaban J connectivity index is 1.46. The summed E-state index contributed by atoms with van der Waals surface area (Å²) >= 11 is 0. The first kappa shape index (κ1) is 18.0. The fourth-order valence-corrected chi connectivity index (χ4v) is 4.34. The van der Waals surface area contributed by atoms with Gasteiger partial charge < -0.3 is 14.6 Å². The molecule has 0 amide bonds. The number of hydrogen-bond acceptors (Lipinski definition) is 2. The quantitative estimate of drug-likeness (QED) is 0.667. The van der Waals surface area contributed by atoms with Crippen LogP contribution in [0.3, 0.4) is 0 Å².